The van der Waals surface area contributed by atoms with Gasteiger partial charge < -0.3 is 0 Å². The Kier molecular flexibility index (Phi) is 8.08. The second-order valence-electron chi connectivity index (χ2n) is 5.39. The van der Waals surface area contributed by atoms with Gasteiger partial charge in [0.2, 0.25) is 0 Å². The molecular formula is C16H27ClN2. The van der Waals surface area contributed by atoms with E-state index in [1.165, 1.54) is 63.6 Å². The van der Waals surface area contributed by atoms with Crippen molar-refractivity contribution in [3.8, 4) is 0 Å². The van der Waals surface area contributed by atoms with Gasteiger partial charge in [0.1, 0.15) is 0 Å². The van der Waals surface area contributed by atoms with E-state index < -0.39 is 0 Å². The van der Waals surface area contributed by atoms with Crippen molar-refractivity contribution in [1.82, 2.24) is 9.88 Å². The van der Waals surface area contributed by atoms with Gasteiger partial charge in [-0.25, -0.2) is 0 Å². The van der Waals surface area contributed by atoms with Crippen molar-refractivity contribution in [3.63, 3.8) is 0 Å². The number of hydrogen-bond acceptors (Lipinski definition) is 2. The molecule has 1 aromatic rings. The van der Waals surface area contributed by atoms with Crippen molar-refractivity contribution in [3.05, 3.63) is 30.1 Å². The summed E-state index contributed by atoms with van der Waals surface area (Å²) in [7, 11) is 0. The predicted molar refractivity (Wildman–Crippen MR) is 83.8 cm³/mol. The number of halogens is 1. The number of hydrogen-bond donors (Lipinski definition) is 0. The minimum atomic E-state index is 0. The molecule has 2 heterocycles. The highest BCUT2D eigenvalue weighted by Crippen LogP contribution is 2.30. The van der Waals surface area contributed by atoms with Crippen LogP contribution in [0.15, 0.2) is 24.5 Å². The summed E-state index contributed by atoms with van der Waals surface area (Å²) in [5.74, 6) is 0. The Bertz CT molecular complexity index is 329. The lowest BCUT2D eigenvalue weighted by atomic mass is 9.96. The third-order valence-electron chi connectivity index (χ3n) is 3.98. The molecule has 1 saturated heterocycles. The van der Waals surface area contributed by atoms with Crippen LogP contribution in [0.2, 0.25) is 0 Å². The van der Waals surface area contributed by atoms with Crippen molar-refractivity contribution in [2.45, 2.75) is 57.9 Å². The first kappa shape index (κ1) is 16.5. The molecule has 0 saturated carbocycles. The molecule has 0 radical (unpaired) electrons. The van der Waals surface area contributed by atoms with Gasteiger partial charge in [0, 0.05) is 18.4 Å². The molecular weight excluding hydrogens is 256 g/mol. The Balaban J connectivity index is 0.00000180. The van der Waals surface area contributed by atoms with Crippen LogP contribution in [0.4, 0.5) is 0 Å². The number of aromatic nitrogens is 1. The Morgan fingerprint density at radius 1 is 1.26 bits per heavy atom. The number of rotatable bonds is 6. The number of unbranched alkanes of at least 4 members (excludes halogenated alkanes) is 3. The molecule has 0 aromatic carbocycles. The maximum Gasteiger partial charge on any atom is 0.0363 e. The highest BCUT2D eigenvalue weighted by Gasteiger charge is 2.23. The molecule has 2 nitrogen and oxygen atoms in total. The van der Waals surface area contributed by atoms with Gasteiger partial charge in [0.05, 0.1) is 0 Å². The first-order valence-electron chi connectivity index (χ1n) is 7.56. The first-order chi connectivity index (χ1) is 8.92. The fourth-order valence-electron chi connectivity index (χ4n) is 2.95. The van der Waals surface area contributed by atoms with Crippen molar-refractivity contribution in [2.24, 2.45) is 0 Å². The minimum absolute atomic E-state index is 0. The normalized spacial score (nSPS) is 19.9. The highest BCUT2D eigenvalue weighted by atomic mass is 35.5. The third kappa shape index (κ3) is 5.12. The van der Waals surface area contributed by atoms with Crippen molar-refractivity contribution in [1.29, 1.82) is 0 Å². The molecule has 1 aromatic heterocycles. The standard InChI is InChI=1S/C16H26N2.ClH/c1-2-3-4-6-12-18-13-7-5-10-16(18)15-9-8-11-17-14-15;/h8-9,11,14,16H,2-7,10,12-13H2,1H3;1H. The van der Waals surface area contributed by atoms with Gasteiger partial charge in [-0.1, -0.05) is 38.7 Å². The molecule has 1 aliphatic rings. The molecule has 0 amide bonds. The summed E-state index contributed by atoms with van der Waals surface area (Å²) in [6, 6.07) is 4.93. The van der Waals surface area contributed by atoms with Gasteiger partial charge >= 0.3 is 0 Å². The first-order valence-corrected chi connectivity index (χ1v) is 7.56. The molecule has 0 aliphatic carbocycles. The maximum absolute atomic E-state index is 4.28. The molecule has 19 heavy (non-hydrogen) atoms. The van der Waals surface area contributed by atoms with E-state index in [9.17, 15) is 0 Å². The van der Waals surface area contributed by atoms with Crippen molar-refractivity contribution >= 4 is 12.4 Å². The Morgan fingerprint density at radius 2 is 2.16 bits per heavy atom. The van der Waals surface area contributed by atoms with E-state index in [-0.39, 0.29) is 12.4 Å². The Morgan fingerprint density at radius 3 is 2.89 bits per heavy atom. The quantitative estimate of drug-likeness (QED) is 0.708. The zero-order valence-corrected chi connectivity index (χ0v) is 12.9. The van der Waals surface area contributed by atoms with Crippen LogP contribution in [0.5, 0.6) is 0 Å². The second kappa shape index (κ2) is 9.33. The minimum Gasteiger partial charge on any atom is -0.296 e. The van der Waals surface area contributed by atoms with E-state index in [1.54, 1.807) is 0 Å². The van der Waals surface area contributed by atoms with Gasteiger partial charge in [-0.2, -0.15) is 0 Å². The van der Waals surface area contributed by atoms with Crippen LogP contribution < -0.4 is 0 Å². The molecule has 0 bridgehead atoms. The number of piperidine rings is 1. The fourth-order valence-corrected chi connectivity index (χ4v) is 2.95. The maximum atomic E-state index is 4.28. The molecule has 1 unspecified atom stereocenters. The summed E-state index contributed by atoms with van der Waals surface area (Å²) < 4.78 is 0. The molecule has 2 rings (SSSR count). The summed E-state index contributed by atoms with van der Waals surface area (Å²) >= 11 is 0. The fraction of sp³-hybridized carbons (Fsp3) is 0.688. The molecule has 1 aliphatic heterocycles. The van der Waals surface area contributed by atoms with Gasteiger partial charge in [-0.3, -0.25) is 9.88 Å². The number of pyridine rings is 1. The van der Waals surface area contributed by atoms with Crippen LogP contribution in [0.1, 0.15) is 63.5 Å². The Labute approximate surface area is 124 Å². The summed E-state index contributed by atoms with van der Waals surface area (Å²) in [4.78, 5) is 6.95. The van der Waals surface area contributed by atoms with Gasteiger partial charge in [-0.05, 0) is 44.0 Å². The topological polar surface area (TPSA) is 16.1 Å². The average molecular weight is 283 g/mol. The second-order valence-corrected chi connectivity index (χ2v) is 5.39. The van der Waals surface area contributed by atoms with Crippen molar-refractivity contribution in [2.75, 3.05) is 13.1 Å². The summed E-state index contributed by atoms with van der Waals surface area (Å²) in [5, 5.41) is 0. The lowest BCUT2D eigenvalue weighted by Gasteiger charge is -2.36. The Hall–Kier alpha value is -0.600. The van der Waals surface area contributed by atoms with Crippen molar-refractivity contribution < 1.29 is 0 Å². The SMILES string of the molecule is CCCCCCN1CCCCC1c1cccnc1.Cl. The van der Waals surface area contributed by atoms with E-state index in [0.29, 0.717) is 6.04 Å². The van der Waals surface area contributed by atoms with Crippen LogP contribution in [0, 0.1) is 0 Å². The smallest absolute Gasteiger partial charge is 0.0363 e. The zero-order chi connectivity index (χ0) is 12.6. The van der Waals surface area contributed by atoms with E-state index in [0.717, 1.165) is 0 Å². The van der Waals surface area contributed by atoms with Crippen LogP contribution >= 0.6 is 12.4 Å². The molecule has 1 atom stereocenters. The molecule has 0 spiro atoms. The summed E-state index contributed by atoms with van der Waals surface area (Å²) in [6.45, 7) is 4.81. The number of nitrogens with zero attached hydrogens (tertiary/aromatic N) is 2. The summed E-state index contributed by atoms with van der Waals surface area (Å²) in [6.07, 6.45) is 13.4. The van der Waals surface area contributed by atoms with Crippen LogP contribution in [0.3, 0.4) is 0 Å². The molecule has 108 valence electrons. The monoisotopic (exact) mass is 282 g/mol. The lowest BCUT2D eigenvalue weighted by Crippen LogP contribution is -2.34. The highest BCUT2D eigenvalue weighted by molar-refractivity contribution is 5.85. The lowest BCUT2D eigenvalue weighted by molar-refractivity contribution is 0.145. The van der Waals surface area contributed by atoms with Crippen LogP contribution in [0.25, 0.3) is 0 Å². The molecule has 3 heteroatoms. The summed E-state index contributed by atoms with van der Waals surface area (Å²) in [5.41, 5.74) is 1.41. The van der Waals surface area contributed by atoms with Crippen LogP contribution in [-0.2, 0) is 0 Å². The van der Waals surface area contributed by atoms with Crippen LogP contribution in [-0.4, -0.2) is 23.0 Å². The van der Waals surface area contributed by atoms with E-state index in [2.05, 4.69) is 35.1 Å². The third-order valence-corrected chi connectivity index (χ3v) is 3.98. The van der Waals surface area contributed by atoms with E-state index in [1.807, 2.05) is 6.20 Å². The van der Waals surface area contributed by atoms with Gasteiger partial charge in [0.15, 0.2) is 0 Å². The van der Waals surface area contributed by atoms with E-state index in [4.69, 9.17) is 0 Å². The predicted octanol–water partition coefficient (Wildman–Crippen LogP) is 4.61. The molecule has 0 N–H and O–H groups in total. The van der Waals surface area contributed by atoms with Gasteiger partial charge in [0.25, 0.3) is 0 Å². The van der Waals surface area contributed by atoms with Gasteiger partial charge in [-0.15, -0.1) is 12.4 Å². The molecule has 1 fully saturated rings. The zero-order valence-electron chi connectivity index (χ0n) is 12.1. The average Bonchev–Trinajstić information content (AvgIpc) is 2.45. The van der Waals surface area contributed by atoms with E-state index >= 15 is 0 Å². The largest absolute Gasteiger partial charge is 0.296 e. The number of likely N-dealkylation sites (tertiary alicyclic amines) is 1.